The maximum atomic E-state index is 12.7. The quantitative estimate of drug-likeness (QED) is 0.792. The molecule has 0 aromatic heterocycles. The number of piperidine rings is 2. The van der Waals surface area contributed by atoms with E-state index in [4.69, 9.17) is 4.74 Å². The van der Waals surface area contributed by atoms with Crippen molar-refractivity contribution in [2.75, 3.05) is 14.2 Å². The van der Waals surface area contributed by atoms with Crippen LogP contribution in [0.1, 0.15) is 42.5 Å². The van der Waals surface area contributed by atoms with Gasteiger partial charge in [-0.3, -0.25) is 4.79 Å². The SMILES string of the molecule is COc1cccc(C(=O)C2CC3CCCC(C2)N3C)c1. The summed E-state index contributed by atoms with van der Waals surface area (Å²) in [7, 11) is 3.87. The van der Waals surface area contributed by atoms with Crippen LogP contribution in [0.25, 0.3) is 0 Å². The van der Waals surface area contributed by atoms with Crippen LogP contribution in [0.5, 0.6) is 5.75 Å². The van der Waals surface area contributed by atoms with Crippen molar-refractivity contribution in [1.82, 2.24) is 4.90 Å². The van der Waals surface area contributed by atoms with Gasteiger partial charge >= 0.3 is 0 Å². The first-order chi connectivity index (χ1) is 9.69. The Hall–Kier alpha value is -1.35. The van der Waals surface area contributed by atoms with Gasteiger partial charge in [0.25, 0.3) is 0 Å². The van der Waals surface area contributed by atoms with Gasteiger partial charge in [-0.25, -0.2) is 0 Å². The van der Waals surface area contributed by atoms with Gasteiger partial charge < -0.3 is 9.64 Å². The zero-order chi connectivity index (χ0) is 14.1. The van der Waals surface area contributed by atoms with E-state index in [1.165, 1.54) is 19.3 Å². The Morgan fingerprint density at radius 3 is 2.60 bits per heavy atom. The number of rotatable bonds is 3. The van der Waals surface area contributed by atoms with Crippen molar-refractivity contribution >= 4 is 5.78 Å². The molecule has 2 unspecified atom stereocenters. The van der Waals surface area contributed by atoms with E-state index in [0.29, 0.717) is 17.9 Å². The lowest BCUT2D eigenvalue weighted by Gasteiger charge is -2.46. The maximum absolute atomic E-state index is 12.7. The Bertz CT molecular complexity index is 486. The Kier molecular flexibility index (Phi) is 3.79. The summed E-state index contributed by atoms with van der Waals surface area (Å²) < 4.78 is 5.22. The molecule has 1 aromatic carbocycles. The van der Waals surface area contributed by atoms with Crippen LogP contribution >= 0.6 is 0 Å². The number of ether oxygens (including phenoxy) is 1. The topological polar surface area (TPSA) is 29.5 Å². The van der Waals surface area contributed by atoms with Gasteiger partial charge in [0.15, 0.2) is 5.78 Å². The van der Waals surface area contributed by atoms with Gasteiger partial charge in [-0.05, 0) is 44.9 Å². The second-order valence-corrected chi connectivity index (χ2v) is 6.17. The minimum Gasteiger partial charge on any atom is -0.497 e. The summed E-state index contributed by atoms with van der Waals surface area (Å²) in [6.45, 7) is 0. The lowest BCUT2D eigenvalue weighted by atomic mass is 9.76. The monoisotopic (exact) mass is 273 g/mol. The normalized spacial score (nSPS) is 30.0. The Labute approximate surface area is 120 Å². The van der Waals surface area contributed by atoms with Crippen molar-refractivity contribution in [3.63, 3.8) is 0 Å². The molecule has 3 rings (SSSR count). The summed E-state index contributed by atoms with van der Waals surface area (Å²) >= 11 is 0. The molecule has 1 aromatic rings. The third-order valence-electron chi connectivity index (χ3n) is 5.06. The highest BCUT2D eigenvalue weighted by molar-refractivity contribution is 5.98. The lowest BCUT2D eigenvalue weighted by Crippen LogP contribution is -2.51. The van der Waals surface area contributed by atoms with Crippen molar-refractivity contribution in [3.8, 4) is 5.75 Å². The minimum atomic E-state index is 0.189. The average Bonchev–Trinajstić information content (AvgIpc) is 2.46. The second-order valence-electron chi connectivity index (χ2n) is 6.17. The van der Waals surface area contributed by atoms with Crippen molar-refractivity contribution in [3.05, 3.63) is 29.8 Å². The predicted molar refractivity (Wildman–Crippen MR) is 79.2 cm³/mol. The molecule has 3 nitrogen and oxygen atoms in total. The van der Waals surface area contributed by atoms with Crippen LogP contribution in [0, 0.1) is 5.92 Å². The number of fused-ring (bicyclic) bond motifs is 2. The number of carbonyl (C=O) groups is 1. The zero-order valence-electron chi connectivity index (χ0n) is 12.3. The molecule has 2 fully saturated rings. The van der Waals surface area contributed by atoms with Crippen molar-refractivity contribution in [2.45, 2.75) is 44.2 Å². The fourth-order valence-corrected chi connectivity index (χ4v) is 3.84. The first-order valence-electron chi connectivity index (χ1n) is 7.59. The standard InChI is InChI=1S/C17H23NO2/c1-18-14-6-4-7-15(18)10-13(9-14)17(19)12-5-3-8-16(11-12)20-2/h3,5,8,11,13-15H,4,6-7,9-10H2,1-2H3. The minimum absolute atomic E-state index is 0.189. The van der Waals surface area contributed by atoms with E-state index in [0.717, 1.165) is 24.2 Å². The van der Waals surface area contributed by atoms with Gasteiger partial charge in [0.1, 0.15) is 5.75 Å². The molecule has 0 saturated carbocycles. The van der Waals surface area contributed by atoms with Gasteiger partial charge in [-0.1, -0.05) is 18.6 Å². The largest absolute Gasteiger partial charge is 0.497 e. The number of carbonyl (C=O) groups excluding carboxylic acids is 1. The van der Waals surface area contributed by atoms with Gasteiger partial charge in [-0.15, -0.1) is 0 Å². The number of hydrogen-bond acceptors (Lipinski definition) is 3. The van der Waals surface area contributed by atoms with Crippen LogP contribution in [-0.4, -0.2) is 36.9 Å². The predicted octanol–water partition coefficient (Wildman–Crippen LogP) is 3.14. The molecule has 108 valence electrons. The van der Waals surface area contributed by atoms with Gasteiger partial charge in [0.2, 0.25) is 0 Å². The van der Waals surface area contributed by atoms with Crippen molar-refractivity contribution in [1.29, 1.82) is 0 Å². The van der Waals surface area contributed by atoms with Crippen molar-refractivity contribution in [2.24, 2.45) is 5.92 Å². The third kappa shape index (κ3) is 2.47. The van der Waals surface area contributed by atoms with E-state index in [1.807, 2.05) is 24.3 Å². The van der Waals surface area contributed by atoms with Gasteiger partial charge in [-0.2, -0.15) is 0 Å². The first kappa shape index (κ1) is 13.6. The molecule has 2 bridgehead atoms. The van der Waals surface area contributed by atoms with Gasteiger partial charge in [0.05, 0.1) is 7.11 Å². The van der Waals surface area contributed by atoms with E-state index in [2.05, 4.69) is 11.9 Å². The summed E-state index contributed by atoms with van der Waals surface area (Å²) in [5, 5.41) is 0. The van der Waals surface area contributed by atoms with Crippen LogP contribution in [0.3, 0.4) is 0 Å². The highest BCUT2D eigenvalue weighted by atomic mass is 16.5. The second kappa shape index (κ2) is 5.57. The molecule has 2 atom stereocenters. The summed E-state index contributed by atoms with van der Waals surface area (Å²) in [4.78, 5) is 15.2. The van der Waals surface area contributed by atoms with Crippen LogP contribution in [0.15, 0.2) is 24.3 Å². The molecule has 20 heavy (non-hydrogen) atoms. The summed E-state index contributed by atoms with van der Waals surface area (Å²) in [6, 6.07) is 8.78. The van der Waals surface area contributed by atoms with E-state index in [-0.39, 0.29) is 5.92 Å². The number of Topliss-reactive ketones (excluding diaryl/α,β-unsaturated/α-hetero) is 1. The van der Waals surface area contributed by atoms with Crippen LogP contribution < -0.4 is 4.74 Å². The van der Waals surface area contributed by atoms with E-state index in [1.54, 1.807) is 7.11 Å². The number of methoxy groups -OCH3 is 1. The van der Waals surface area contributed by atoms with Crippen LogP contribution in [-0.2, 0) is 0 Å². The molecule has 0 aliphatic carbocycles. The molecule has 0 N–H and O–H groups in total. The van der Waals surface area contributed by atoms with Crippen LogP contribution in [0.4, 0.5) is 0 Å². The third-order valence-corrected chi connectivity index (χ3v) is 5.06. The van der Waals surface area contributed by atoms with E-state index < -0.39 is 0 Å². The Morgan fingerprint density at radius 2 is 1.95 bits per heavy atom. The molecule has 2 aliphatic heterocycles. The summed E-state index contributed by atoms with van der Waals surface area (Å²) in [6.07, 6.45) is 5.84. The molecule has 3 heteroatoms. The van der Waals surface area contributed by atoms with E-state index in [9.17, 15) is 4.79 Å². The molecule has 0 spiro atoms. The molecule has 2 heterocycles. The lowest BCUT2D eigenvalue weighted by molar-refractivity contribution is 0.0338. The van der Waals surface area contributed by atoms with Gasteiger partial charge in [0, 0.05) is 23.6 Å². The zero-order valence-corrected chi connectivity index (χ0v) is 12.3. The number of hydrogen-bond donors (Lipinski definition) is 0. The number of nitrogens with zero attached hydrogens (tertiary/aromatic N) is 1. The van der Waals surface area contributed by atoms with Crippen LogP contribution in [0.2, 0.25) is 0 Å². The average molecular weight is 273 g/mol. The Morgan fingerprint density at radius 1 is 1.25 bits per heavy atom. The number of benzene rings is 1. The molecular weight excluding hydrogens is 250 g/mol. The molecule has 0 amide bonds. The maximum Gasteiger partial charge on any atom is 0.166 e. The summed E-state index contributed by atoms with van der Waals surface area (Å²) in [5.74, 6) is 1.26. The molecule has 2 aliphatic rings. The Balaban J connectivity index is 1.77. The highest BCUT2D eigenvalue weighted by Crippen LogP contribution is 2.37. The fourth-order valence-electron chi connectivity index (χ4n) is 3.84. The molecule has 0 radical (unpaired) electrons. The summed E-state index contributed by atoms with van der Waals surface area (Å²) in [5.41, 5.74) is 0.803. The van der Waals surface area contributed by atoms with E-state index >= 15 is 0 Å². The number of ketones is 1. The molecular formula is C17H23NO2. The smallest absolute Gasteiger partial charge is 0.166 e. The van der Waals surface area contributed by atoms with Crippen molar-refractivity contribution < 1.29 is 9.53 Å². The first-order valence-corrected chi connectivity index (χ1v) is 7.59. The fraction of sp³-hybridized carbons (Fsp3) is 0.588. The molecule has 2 saturated heterocycles. The highest BCUT2D eigenvalue weighted by Gasteiger charge is 2.38.